The van der Waals surface area contributed by atoms with Gasteiger partial charge in [-0.25, -0.2) is 5.43 Å². The van der Waals surface area contributed by atoms with E-state index in [1.807, 2.05) is 0 Å². The van der Waals surface area contributed by atoms with Crippen LogP contribution in [-0.2, 0) is 0 Å². The highest BCUT2D eigenvalue weighted by molar-refractivity contribution is 9.11. The third kappa shape index (κ3) is 3.83. The number of phenolic OH excluding ortho intramolecular Hbond substituents is 2. The topological polar surface area (TPSA) is 81.9 Å². The second kappa shape index (κ2) is 6.73. The van der Waals surface area contributed by atoms with Gasteiger partial charge < -0.3 is 10.2 Å². The molecule has 0 unspecified atom stereocenters. The molecule has 0 fully saturated rings. The lowest BCUT2D eigenvalue weighted by molar-refractivity contribution is 0.0952. The monoisotopic (exact) mass is 412 g/mol. The third-order valence-electron chi connectivity index (χ3n) is 2.58. The summed E-state index contributed by atoms with van der Waals surface area (Å²) in [5.41, 5.74) is 2.83. The van der Waals surface area contributed by atoms with E-state index in [0.29, 0.717) is 10.0 Å². The van der Waals surface area contributed by atoms with Crippen molar-refractivity contribution < 1.29 is 15.0 Å². The van der Waals surface area contributed by atoms with Crippen molar-refractivity contribution in [3.63, 3.8) is 0 Å². The third-order valence-corrected chi connectivity index (χ3v) is 3.64. The maximum Gasteiger partial charge on any atom is 0.275 e. The summed E-state index contributed by atoms with van der Waals surface area (Å²) < 4.78 is 1.26. The predicted molar refractivity (Wildman–Crippen MR) is 86.7 cm³/mol. The van der Waals surface area contributed by atoms with Crippen LogP contribution >= 0.6 is 31.9 Å². The van der Waals surface area contributed by atoms with Crippen molar-refractivity contribution in [3.8, 4) is 11.5 Å². The van der Waals surface area contributed by atoms with Crippen LogP contribution in [0.15, 0.2) is 50.4 Å². The first-order valence-electron chi connectivity index (χ1n) is 5.78. The number of phenols is 2. The summed E-state index contributed by atoms with van der Waals surface area (Å²) in [5, 5.41) is 23.2. The van der Waals surface area contributed by atoms with E-state index in [0.717, 1.165) is 4.47 Å². The molecule has 2 aromatic carbocycles. The molecule has 0 saturated heterocycles. The zero-order chi connectivity index (χ0) is 15.4. The molecule has 0 bridgehead atoms. The van der Waals surface area contributed by atoms with E-state index in [-0.39, 0.29) is 17.1 Å². The Hall–Kier alpha value is -1.86. The van der Waals surface area contributed by atoms with Crippen LogP contribution in [0.1, 0.15) is 15.9 Å². The molecule has 0 saturated carbocycles. The molecule has 3 N–H and O–H groups in total. The van der Waals surface area contributed by atoms with Gasteiger partial charge in [0, 0.05) is 10.0 Å². The molecule has 0 spiro atoms. The fraction of sp³-hybridized carbons (Fsp3) is 0. The number of hydrogen-bond donors (Lipinski definition) is 3. The zero-order valence-corrected chi connectivity index (χ0v) is 13.7. The summed E-state index contributed by atoms with van der Waals surface area (Å²) >= 11 is 6.49. The Morgan fingerprint density at radius 3 is 2.62 bits per heavy atom. The average molecular weight is 414 g/mol. The zero-order valence-electron chi connectivity index (χ0n) is 10.5. The van der Waals surface area contributed by atoms with Crippen LogP contribution in [0.5, 0.6) is 11.5 Å². The minimum atomic E-state index is -0.544. The lowest BCUT2D eigenvalue weighted by atomic mass is 10.2. The molecule has 5 nitrogen and oxygen atoms in total. The van der Waals surface area contributed by atoms with Gasteiger partial charge >= 0.3 is 0 Å². The predicted octanol–water partition coefficient (Wildman–Crippen LogP) is 3.39. The molecule has 0 atom stereocenters. The Kier molecular flexibility index (Phi) is 4.98. The minimum Gasteiger partial charge on any atom is -0.507 e. The molecular weight excluding hydrogens is 404 g/mol. The molecule has 2 rings (SSSR count). The smallest absolute Gasteiger partial charge is 0.275 e. The van der Waals surface area contributed by atoms with E-state index in [1.165, 1.54) is 18.3 Å². The summed E-state index contributed by atoms with van der Waals surface area (Å²) in [4.78, 5) is 11.8. The summed E-state index contributed by atoms with van der Waals surface area (Å²) in [6.07, 6.45) is 1.31. The SMILES string of the molecule is O=C(N/N=C/c1cc(Br)cc(Br)c1O)c1ccccc1O. The number of amides is 1. The normalized spacial score (nSPS) is 10.8. The van der Waals surface area contributed by atoms with E-state index in [1.54, 1.807) is 24.3 Å². The van der Waals surface area contributed by atoms with Crippen molar-refractivity contribution >= 4 is 44.0 Å². The Morgan fingerprint density at radius 1 is 1.19 bits per heavy atom. The van der Waals surface area contributed by atoms with Gasteiger partial charge in [-0.1, -0.05) is 28.1 Å². The summed E-state index contributed by atoms with van der Waals surface area (Å²) in [6.45, 7) is 0. The molecule has 0 aromatic heterocycles. The van der Waals surface area contributed by atoms with Crippen LogP contribution < -0.4 is 5.43 Å². The first kappa shape index (κ1) is 15.5. The maximum atomic E-state index is 11.8. The fourth-order valence-electron chi connectivity index (χ4n) is 1.57. The van der Waals surface area contributed by atoms with Crippen molar-refractivity contribution in [2.24, 2.45) is 5.10 Å². The van der Waals surface area contributed by atoms with Gasteiger partial charge in [0.15, 0.2) is 0 Å². The van der Waals surface area contributed by atoms with E-state index < -0.39 is 5.91 Å². The molecule has 108 valence electrons. The number of carbonyl (C=O) groups is 1. The molecule has 0 aliphatic carbocycles. The number of hydrogen-bond acceptors (Lipinski definition) is 4. The van der Waals surface area contributed by atoms with E-state index in [2.05, 4.69) is 42.4 Å². The molecule has 0 aliphatic heterocycles. The highest BCUT2D eigenvalue weighted by Crippen LogP contribution is 2.30. The average Bonchev–Trinajstić information content (AvgIpc) is 2.44. The van der Waals surface area contributed by atoms with Gasteiger partial charge in [-0.15, -0.1) is 0 Å². The molecule has 0 heterocycles. The standard InChI is InChI=1S/C14H10Br2N2O3/c15-9-5-8(13(20)11(16)6-9)7-17-18-14(21)10-3-1-2-4-12(10)19/h1-7,19-20H,(H,18,21)/b17-7+. The summed E-state index contributed by atoms with van der Waals surface area (Å²) in [7, 11) is 0. The fourth-order valence-corrected chi connectivity index (χ4v) is 2.83. The van der Waals surface area contributed by atoms with E-state index >= 15 is 0 Å². The molecule has 2 aromatic rings. The van der Waals surface area contributed by atoms with Crippen LogP contribution in [0.4, 0.5) is 0 Å². The van der Waals surface area contributed by atoms with Crippen LogP contribution in [0, 0.1) is 0 Å². The van der Waals surface area contributed by atoms with Crippen molar-refractivity contribution in [2.75, 3.05) is 0 Å². The van der Waals surface area contributed by atoms with Crippen LogP contribution in [-0.4, -0.2) is 22.3 Å². The largest absolute Gasteiger partial charge is 0.507 e. The highest BCUT2D eigenvalue weighted by atomic mass is 79.9. The Balaban J connectivity index is 2.13. The minimum absolute atomic E-state index is 0.0127. The van der Waals surface area contributed by atoms with E-state index in [9.17, 15) is 15.0 Å². The Bertz CT molecular complexity index is 717. The number of para-hydroxylation sites is 1. The second-order valence-electron chi connectivity index (χ2n) is 4.04. The molecule has 0 radical (unpaired) electrons. The van der Waals surface area contributed by atoms with E-state index in [4.69, 9.17) is 0 Å². The number of hydrazone groups is 1. The molecule has 0 aliphatic rings. The number of nitrogens with zero attached hydrogens (tertiary/aromatic N) is 1. The number of halogens is 2. The lowest BCUT2D eigenvalue weighted by Gasteiger charge is -2.04. The Labute approximate surface area is 137 Å². The molecular formula is C14H10Br2N2O3. The Morgan fingerprint density at radius 2 is 1.90 bits per heavy atom. The van der Waals surface area contributed by atoms with Crippen LogP contribution in [0.3, 0.4) is 0 Å². The number of benzene rings is 2. The lowest BCUT2D eigenvalue weighted by Crippen LogP contribution is -2.17. The van der Waals surface area contributed by atoms with Crippen molar-refractivity contribution in [2.45, 2.75) is 0 Å². The first-order valence-corrected chi connectivity index (χ1v) is 7.37. The quantitative estimate of drug-likeness (QED) is 0.532. The van der Waals surface area contributed by atoms with Crippen molar-refractivity contribution in [1.82, 2.24) is 5.43 Å². The number of rotatable bonds is 3. The van der Waals surface area contributed by atoms with Crippen molar-refractivity contribution in [3.05, 3.63) is 56.5 Å². The second-order valence-corrected chi connectivity index (χ2v) is 5.81. The van der Waals surface area contributed by atoms with Gasteiger partial charge in [0.05, 0.1) is 16.3 Å². The van der Waals surface area contributed by atoms with Gasteiger partial charge in [-0.3, -0.25) is 4.79 Å². The van der Waals surface area contributed by atoms with Gasteiger partial charge in [-0.2, -0.15) is 5.10 Å². The number of aromatic hydroxyl groups is 2. The van der Waals surface area contributed by atoms with Gasteiger partial charge in [-0.05, 0) is 40.2 Å². The number of carbonyl (C=O) groups excluding carboxylic acids is 1. The maximum absolute atomic E-state index is 11.8. The highest BCUT2D eigenvalue weighted by Gasteiger charge is 2.09. The molecule has 7 heteroatoms. The van der Waals surface area contributed by atoms with Crippen molar-refractivity contribution in [1.29, 1.82) is 0 Å². The van der Waals surface area contributed by atoms with Crippen LogP contribution in [0.25, 0.3) is 0 Å². The number of nitrogens with one attached hydrogen (secondary N) is 1. The summed E-state index contributed by atoms with van der Waals surface area (Å²) in [5.74, 6) is -0.657. The van der Waals surface area contributed by atoms with Gasteiger partial charge in [0.2, 0.25) is 0 Å². The van der Waals surface area contributed by atoms with Gasteiger partial charge in [0.1, 0.15) is 11.5 Å². The first-order chi connectivity index (χ1) is 9.99. The molecule has 21 heavy (non-hydrogen) atoms. The summed E-state index contributed by atoms with van der Waals surface area (Å²) in [6, 6.07) is 9.48. The van der Waals surface area contributed by atoms with Gasteiger partial charge in [0.25, 0.3) is 5.91 Å². The van der Waals surface area contributed by atoms with Crippen LogP contribution in [0.2, 0.25) is 0 Å². The molecule has 1 amide bonds.